The lowest BCUT2D eigenvalue weighted by atomic mass is 9.46. The number of epoxide rings is 1. The molecule has 0 amide bonds. The number of hydrogen-bond acceptors (Lipinski definition) is 6. The lowest BCUT2D eigenvalue weighted by Crippen LogP contribution is -2.51. The second-order valence-corrected chi connectivity index (χ2v) is 20.3. The predicted molar refractivity (Wildman–Crippen MR) is 213 cm³/mol. The van der Waals surface area contributed by atoms with Crippen LogP contribution in [0.3, 0.4) is 0 Å². The summed E-state index contributed by atoms with van der Waals surface area (Å²) in [6.45, 7) is 9.76. The van der Waals surface area contributed by atoms with Crippen LogP contribution in [-0.4, -0.2) is 57.0 Å². The average Bonchev–Trinajstić information content (AvgIpc) is 3.52. The summed E-state index contributed by atoms with van der Waals surface area (Å²) in [5.41, 5.74) is 10.4. The van der Waals surface area contributed by atoms with Gasteiger partial charge >= 0.3 is 0 Å². The van der Waals surface area contributed by atoms with Gasteiger partial charge in [0.2, 0.25) is 0 Å². The van der Waals surface area contributed by atoms with Crippen molar-refractivity contribution in [1.29, 1.82) is 0 Å². The molecule has 6 aliphatic carbocycles. The van der Waals surface area contributed by atoms with E-state index in [1.165, 1.54) is 54.2 Å². The number of hydrogen-bond donors (Lipinski definition) is 5. The third-order valence-corrected chi connectivity index (χ3v) is 16.8. The van der Waals surface area contributed by atoms with Gasteiger partial charge in [-0.25, -0.2) is 4.99 Å². The molecule has 54 heavy (non-hydrogen) atoms. The van der Waals surface area contributed by atoms with E-state index in [9.17, 15) is 15.3 Å². The molecule has 1 aromatic carbocycles. The summed E-state index contributed by atoms with van der Waals surface area (Å²) in [6.07, 6.45) is 23.3. The van der Waals surface area contributed by atoms with Crippen LogP contribution >= 0.6 is 0 Å². The number of furan rings is 1. The van der Waals surface area contributed by atoms with Crippen LogP contribution < -0.4 is 11.1 Å². The number of benzene rings is 1. The van der Waals surface area contributed by atoms with Crippen molar-refractivity contribution in [3.63, 3.8) is 0 Å². The highest BCUT2D eigenvalue weighted by molar-refractivity contribution is 5.86. The number of ether oxygens (including phenoxy) is 1. The van der Waals surface area contributed by atoms with Gasteiger partial charge < -0.3 is 35.5 Å². The number of aryl methyl sites for hydroxylation is 1. The average molecular weight is 742 g/mol. The number of guanidine groups is 1. The van der Waals surface area contributed by atoms with Crippen LogP contribution in [-0.2, 0) is 17.6 Å². The summed E-state index contributed by atoms with van der Waals surface area (Å²) in [5.74, 6) is 2.92. The van der Waals surface area contributed by atoms with Gasteiger partial charge in [-0.1, -0.05) is 31.2 Å². The molecule has 0 unspecified atom stereocenters. The minimum atomic E-state index is -0.689. The van der Waals surface area contributed by atoms with E-state index in [0.717, 1.165) is 95.3 Å². The van der Waals surface area contributed by atoms with E-state index in [2.05, 4.69) is 31.3 Å². The van der Waals surface area contributed by atoms with Gasteiger partial charge in [0.25, 0.3) is 0 Å². The van der Waals surface area contributed by atoms with Crippen LogP contribution in [0.5, 0.6) is 0 Å². The molecule has 1 aliphatic heterocycles. The fourth-order valence-corrected chi connectivity index (χ4v) is 13.7. The van der Waals surface area contributed by atoms with E-state index in [1.54, 1.807) is 0 Å². The number of fused-ring (bicyclic) bond motifs is 6. The van der Waals surface area contributed by atoms with Crippen molar-refractivity contribution < 1.29 is 24.5 Å². The molecule has 2 aromatic rings. The fraction of sp³-hybridized carbons (Fsp3) is 0.761. The summed E-state index contributed by atoms with van der Waals surface area (Å²) >= 11 is 0. The van der Waals surface area contributed by atoms with Crippen molar-refractivity contribution in [3.05, 3.63) is 47.9 Å². The van der Waals surface area contributed by atoms with Gasteiger partial charge in [0.15, 0.2) is 5.96 Å². The Labute approximate surface area is 322 Å². The Morgan fingerprint density at radius 1 is 1.04 bits per heavy atom. The topological polar surface area (TPSA) is 137 Å². The SMILES string of the molecule is C=C1C[C@@]2(CC[C@H](CC[C@]3(O)CCC[C@H](O)C3)C2)[C@@H]2O[C@]2(C)CC[C@H]2[C@@H]1C[C@]2(C)[C@H]1CC[C@H]([C@H](O)NC(N)=N[C@H]2CCCc3ccc4cocc4c3C2)C1. The number of aliphatic imine (C=N–C) groups is 1. The molecule has 6 N–H and O–H groups in total. The number of allylic oxidation sites excluding steroid dienone is 1. The molecule has 5 saturated carbocycles. The third-order valence-electron chi connectivity index (χ3n) is 16.8. The van der Waals surface area contributed by atoms with Crippen molar-refractivity contribution in [3.8, 4) is 0 Å². The van der Waals surface area contributed by atoms with E-state index in [1.807, 2.05) is 12.5 Å². The van der Waals surface area contributed by atoms with E-state index in [0.29, 0.717) is 42.2 Å². The molecule has 2 heterocycles. The van der Waals surface area contributed by atoms with Gasteiger partial charge in [-0.3, -0.25) is 0 Å². The van der Waals surface area contributed by atoms with Crippen molar-refractivity contribution in [2.75, 3.05) is 0 Å². The second kappa shape index (κ2) is 13.9. The molecule has 0 bridgehead atoms. The zero-order valence-electron chi connectivity index (χ0n) is 33.0. The molecule has 13 atom stereocenters. The lowest BCUT2D eigenvalue weighted by Gasteiger charge is -2.58. The third kappa shape index (κ3) is 6.77. The number of rotatable bonds is 7. The Morgan fingerprint density at radius 3 is 2.76 bits per heavy atom. The highest BCUT2D eigenvalue weighted by Crippen LogP contribution is 2.69. The molecule has 7 aliphatic rings. The first-order valence-corrected chi connectivity index (χ1v) is 21.9. The van der Waals surface area contributed by atoms with E-state index in [4.69, 9.17) is 26.5 Å². The summed E-state index contributed by atoms with van der Waals surface area (Å²) in [6, 6.07) is 4.47. The first-order chi connectivity index (χ1) is 25.9. The maximum atomic E-state index is 11.5. The highest BCUT2D eigenvalue weighted by Gasteiger charge is 2.67. The maximum Gasteiger partial charge on any atom is 0.190 e. The van der Waals surface area contributed by atoms with Crippen LogP contribution in [0.4, 0.5) is 0 Å². The minimum absolute atomic E-state index is 0.0363. The molecule has 1 aromatic heterocycles. The quantitative estimate of drug-likeness (QED) is 0.0483. The standard InChI is InChI=1S/C46H67N3O5/c1-28-22-45(18-13-29(23-45)14-19-46(52)16-5-8-35(50)24-46)41-44(3,54-41)17-15-39-37(28)25-43(39,2)33-12-11-31(20-33)40(51)49-42(47)48-34-7-4-6-30-9-10-32-26-53-27-38(32)36(30)21-34/h9-10,26-27,29,31,33-35,37,39-41,50-52H,1,4-8,11-25H2,2-3H3,(H3,47,48,49)/t29-,31+,33+,34+,35+,37-,39+,40+,41-,43-,44-,45-,46-/m1/s1. The van der Waals surface area contributed by atoms with Gasteiger partial charge in [0.1, 0.15) is 6.23 Å². The number of nitrogens with two attached hydrogens (primary N) is 1. The molecular formula is C46H67N3O5. The van der Waals surface area contributed by atoms with Crippen LogP contribution in [0.1, 0.15) is 141 Å². The van der Waals surface area contributed by atoms with Crippen molar-refractivity contribution in [2.24, 2.45) is 51.1 Å². The van der Waals surface area contributed by atoms with Crippen molar-refractivity contribution in [1.82, 2.24) is 5.32 Å². The Hall–Kier alpha value is -2.39. The molecule has 1 spiro atoms. The Bertz CT molecular complexity index is 1760. The molecule has 0 radical (unpaired) electrons. The zero-order valence-corrected chi connectivity index (χ0v) is 33.0. The van der Waals surface area contributed by atoms with Gasteiger partial charge in [-0.15, -0.1) is 0 Å². The highest BCUT2D eigenvalue weighted by atomic mass is 16.6. The summed E-state index contributed by atoms with van der Waals surface area (Å²) in [7, 11) is 0. The van der Waals surface area contributed by atoms with Gasteiger partial charge in [-0.2, -0.15) is 0 Å². The monoisotopic (exact) mass is 742 g/mol. The molecule has 296 valence electrons. The minimum Gasteiger partial charge on any atom is -0.471 e. The smallest absolute Gasteiger partial charge is 0.190 e. The number of nitrogens with one attached hydrogen (secondary N) is 1. The van der Waals surface area contributed by atoms with E-state index in [-0.39, 0.29) is 34.5 Å². The Balaban J connectivity index is 0.811. The molecule has 8 nitrogen and oxygen atoms in total. The van der Waals surface area contributed by atoms with Gasteiger partial charge in [0, 0.05) is 28.5 Å². The van der Waals surface area contributed by atoms with Crippen LogP contribution in [0.2, 0.25) is 0 Å². The molecule has 6 fully saturated rings. The number of aliphatic hydroxyl groups excluding tert-OH is 2. The first-order valence-electron chi connectivity index (χ1n) is 21.9. The molecule has 8 heteroatoms. The first kappa shape index (κ1) is 37.2. The largest absolute Gasteiger partial charge is 0.471 e. The van der Waals surface area contributed by atoms with Crippen molar-refractivity contribution in [2.45, 2.75) is 178 Å². The zero-order chi connectivity index (χ0) is 37.5. The Morgan fingerprint density at radius 2 is 1.91 bits per heavy atom. The predicted octanol–water partition coefficient (Wildman–Crippen LogP) is 8.09. The van der Waals surface area contributed by atoms with Gasteiger partial charge in [-0.05, 0) is 169 Å². The van der Waals surface area contributed by atoms with Crippen LogP contribution in [0.25, 0.3) is 10.8 Å². The van der Waals surface area contributed by atoms with E-state index < -0.39 is 11.8 Å². The lowest BCUT2D eigenvalue weighted by molar-refractivity contribution is -0.0712. The van der Waals surface area contributed by atoms with Crippen molar-refractivity contribution >= 4 is 16.7 Å². The van der Waals surface area contributed by atoms with Crippen LogP contribution in [0, 0.1) is 40.4 Å². The molecule has 9 rings (SSSR count). The normalized spacial score (nSPS) is 44.3. The molecular weight excluding hydrogens is 675 g/mol. The fourth-order valence-electron chi connectivity index (χ4n) is 13.7. The Kier molecular flexibility index (Phi) is 9.59. The molecule has 1 saturated heterocycles. The number of nitrogens with zero attached hydrogens (tertiary/aromatic N) is 1. The summed E-state index contributed by atoms with van der Waals surface area (Å²) < 4.78 is 12.3. The summed E-state index contributed by atoms with van der Waals surface area (Å²) in [4.78, 5) is 4.92. The maximum absolute atomic E-state index is 11.5. The number of aliphatic hydroxyl groups is 3. The van der Waals surface area contributed by atoms with E-state index >= 15 is 0 Å². The van der Waals surface area contributed by atoms with Crippen LogP contribution in [0.15, 0.2) is 46.2 Å². The summed E-state index contributed by atoms with van der Waals surface area (Å²) in [5, 5.41) is 38.5. The van der Waals surface area contributed by atoms with Gasteiger partial charge in [0.05, 0.1) is 42.0 Å². The second-order valence-electron chi connectivity index (χ2n) is 20.3.